The Morgan fingerprint density at radius 2 is 1.73 bits per heavy atom. The first-order valence-corrected chi connectivity index (χ1v) is 13.4. The van der Waals surface area contributed by atoms with Crippen LogP contribution in [0.4, 0.5) is 4.39 Å². The van der Waals surface area contributed by atoms with Gasteiger partial charge in [-0.05, 0) is 49.3 Å². The van der Waals surface area contributed by atoms with Crippen LogP contribution in [0.25, 0.3) is 0 Å². The third-order valence-corrected chi connectivity index (χ3v) is 8.23. The van der Waals surface area contributed by atoms with Crippen molar-refractivity contribution in [3.63, 3.8) is 0 Å². The van der Waals surface area contributed by atoms with Gasteiger partial charge in [0.1, 0.15) is 5.82 Å². The van der Waals surface area contributed by atoms with Crippen LogP contribution in [0.1, 0.15) is 46.7 Å². The lowest BCUT2D eigenvalue weighted by Crippen LogP contribution is -2.55. The summed E-state index contributed by atoms with van der Waals surface area (Å²) in [5.41, 5.74) is 1.86. The van der Waals surface area contributed by atoms with Crippen molar-refractivity contribution in [2.24, 2.45) is 17.8 Å². The number of likely N-dealkylation sites (tertiary alicyclic amines) is 2. The van der Waals surface area contributed by atoms with Crippen LogP contribution in [0.15, 0.2) is 48.5 Å². The minimum atomic E-state index is -0.491. The van der Waals surface area contributed by atoms with Gasteiger partial charge in [-0.1, -0.05) is 42.5 Å². The van der Waals surface area contributed by atoms with Crippen molar-refractivity contribution in [1.29, 1.82) is 0 Å². The predicted molar refractivity (Wildman–Crippen MR) is 141 cm³/mol. The van der Waals surface area contributed by atoms with Crippen LogP contribution >= 0.6 is 0 Å². The van der Waals surface area contributed by atoms with Gasteiger partial charge in [-0.2, -0.15) is 0 Å². The summed E-state index contributed by atoms with van der Waals surface area (Å²) >= 11 is 0. The maximum atomic E-state index is 14.8. The summed E-state index contributed by atoms with van der Waals surface area (Å²) in [6.45, 7) is 5.30. The highest BCUT2D eigenvalue weighted by molar-refractivity contribution is 5.99. The van der Waals surface area contributed by atoms with Crippen molar-refractivity contribution >= 4 is 11.7 Å². The van der Waals surface area contributed by atoms with E-state index in [0.717, 1.165) is 24.8 Å². The molecule has 2 fully saturated rings. The SMILES string of the molecule is COCCN1C[C@H](C(=O)c2ccccc2)[C@@H](c2cccc(F)c2C)[C@H](C(=O)N2CCC(CCO)CC2)C1. The van der Waals surface area contributed by atoms with E-state index in [1.807, 2.05) is 41.3 Å². The van der Waals surface area contributed by atoms with Crippen LogP contribution < -0.4 is 0 Å². The molecule has 7 heteroatoms. The van der Waals surface area contributed by atoms with Crippen LogP contribution in [-0.4, -0.2) is 79.6 Å². The van der Waals surface area contributed by atoms with E-state index in [9.17, 15) is 19.1 Å². The number of halogens is 1. The number of benzene rings is 2. The second-order valence-corrected chi connectivity index (χ2v) is 10.5. The number of amides is 1. The van der Waals surface area contributed by atoms with Gasteiger partial charge in [0.05, 0.1) is 12.5 Å². The second kappa shape index (κ2) is 12.8. The van der Waals surface area contributed by atoms with Crippen molar-refractivity contribution in [2.45, 2.75) is 32.1 Å². The first-order valence-electron chi connectivity index (χ1n) is 13.4. The summed E-state index contributed by atoms with van der Waals surface area (Å²) in [5.74, 6) is -1.27. The number of ketones is 1. The fourth-order valence-corrected chi connectivity index (χ4v) is 6.11. The molecule has 1 N–H and O–H groups in total. The average molecular weight is 511 g/mol. The molecule has 200 valence electrons. The van der Waals surface area contributed by atoms with E-state index in [2.05, 4.69) is 4.90 Å². The number of Topliss-reactive ketones (excluding diaryl/α,β-unsaturated/α-hetero) is 1. The predicted octanol–water partition coefficient (Wildman–Crippen LogP) is 3.92. The fourth-order valence-electron chi connectivity index (χ4n) is 6.11. The Balaban J connectivity index is 1.72. The summed E-state index contributed by atoms with van der Waals surface area (Å²) in [6.07, 6.45) is 2.49. The lowest BCUT2D eigenvalue weighted by molar-refractivity contribution is -0.140. The maximum absolute atomic E-state index is 14.8. The van der Waals surface area contributed by atoms with Crippen LogP contribution in [0.3, 0.4) is 0 Å². The molecule has 2 aromatic carbocycles. The largest absolute Gasteiger partial charge is 0.396 e. The molecule has 2 aliphatic heterocycles. The average Bonchev–Trinajstić information content (AvgIpc) is 2.93. The first-order chi connectivity index (χ1) is 17.9. The lowest BCUT2D eigenvalue weighted by Gasteiger charge is -2.45. The van der Waals surface area contributed by atoms with Gasteiger partial charge in [-0.25, -0.2) is 4.39 Å². The monoisotopic (exact) mass is 510 g/mol. The van der Waals surface area contributed by atoms with E-state index in [0.29, 0.717) is 56.4 Å². The Hall–Kier alpha value is -2.61. The number of carbonyl (C=O) groups excluding carboxylic acids is 2. The zero-order valence-corrected chi connectivity index (χ0v) is 21.9. The zero-order valence-electron chi connectivity index (χ0n) is 21.9. The third-order valence-electron chi connectivity index (χ3n) is 8.23. The van der Waals surface area contributed by atoms with Gasteiger partial charge in [0.2, 0.25) is 5.91 Å². The van der Waals surface area contributed by atoms with Gasteiger partial charge in [0.15, 0.2) is 5.78 Å². The Labute approximate surface area is 219 Å². The van der Waals surface area contributed by atoms with Gasteiger partial charge in [0.25, 0.3) is 0 Å². The minimum absolute atomic E-state index is 0.0177. The van der Waals surface area contributed by atoms with Crippen molar-refractivity contribution in [3.8, 4) is 0 Å². The molecule has 0 radical (unpaired) electrons. The van der Waals surface area contributed by atoms with Gasteiger partial charge in [-0.3, -0.25) is 14.5 Å². The highest BCUT2D eigenvalue weighted by atomic mass is 19.1. The Morgan fingerprint density at radius 3 is 2.41 bits per heavy atom. The number of aliphatic hydroxyl groups excluding tert-OH is 1. The summed E-state index contributed by atoms with van der Waals surface area (Å²) in [6, 6.07) is 14.2. The van der Waals surface area contributed by atoms with Gasteiger partial charge in [0, 0.05) is 63.8 Å². The smallest absolute Gasteiger partial charge is 0.227 e. The number of nitrogens with zero attached hydrogens (tertiary/aromatic N) is 2. The second-order valence-electron chi connectivity index (χ2n) is 10.5. The molecule has 2 saturated heterocycles. The third kappa shape index (κ3) is 6.28. The molecular weight excluding hydrogens is 471 g/mol. The molecular formula is C30H39FN2O4. The lowest BCUT2D eigenvalue weighted by atomic mass is 9.69. The van der Waals surface area contributed by atoms with E-state index in [1.165, 1.54) is 6.07 Å². The van der Waals surface area contributed by atoms with Crippen molar-refractivity contribution in [1.82, 2.24) is 9.80 Å². The van der Waals surface area contributed by atoms with E-state index >= 15 is 0 Å². The summed E-state index contributed by atoms with van der Waals surface area (Å²) in [5, 5.41) is 9.32. The van der Waals surface area contributed by atoms with E-state index in [1.54, 1.807) is 20.1 Å². The molecule has 2 aliphatic rings. The van der Waals surface area contributed by atoms with Gasteiger partial charge < -0.3 is 14.7 Å². The Kier molecular flexibility index (Phi) is 9.46. The Morgan fingerprint density at radius 1 is 1.03 bits per heavy atom. The highest BCUT2D eigenvalue weighted by Crippen LogP contribution is 2.42. The van der Waals surface area contributed by atoms with E-state index < -0.39 is 17.8 Å². The summed E-state index contributed by atoms with van der Waals surface area (Å²) in [4.78, 5) is 32.2. The molecule has 6 nitrogen and oxygen atoms in total. The van der Waals surface area contributed by atoms with Gasteiger partial charge in [-0.15, -0.1) is 0 Å². The molecule has 0 saturated carbocycles. The van der Waals surface area contributed by atoms with Crippen molar-refractivity contribution < 1.29 is 23.8 Å². The summed E-state index contributed by atoms with van der Waals surface area (Å²) in [7, 11) is 1.65. The van der Waals surface area contributed by atoms with Crippen LogP contribution in [0.5, 0.6) is 0 Å². The number of aliphatic hydroxyl groups is 1. The van der Waals surface area contributed by atoms with Crippen LogP contribution in [0.2, 0.25) is 0 Å². The van der Waals surface area contributed by atoms with Crippen LogP contribution in [-0.2, 0) is 9.53 Å². The van der Waals surface area contributed by atoms with E-state index in [4.69, 9.17) is 4.74 Å². The number of piperidine rings is 2. The molecule has 0 aromatic heterocycles. The summed E-state index contributed by atoms with van der Waals surface area (Å²) < 4.78 is 20.1. The molecule has 2 aromatic rings. The van der Waals surface area contributed by atoms with Crippen LogP contribution in [0, 0.1) is 30.5 Å². The molecule has 1 amide bonds. The molecule has 0 unspecified atom stereocenters. The first kappa shape index (κ1) is 27.4. The number of hydrogen-bond acceptors (Lipinski definition) is 5. The molecule has 0 spiro atoms. The normalized spacial score (nSPS) is 23.2. The molecule has 4 rings (SSSR count). The van der Waals surface area contributed by atoms with Gasteiger partial charge >= 0.3 is 0 Å². The molecule has 3 atom stereocenters. The number of ether oxygens (including phenoxy) is 1. The van der Waals surface area contributed by atoms with E-state index in [-0.39, 0.29) is 24.1 Å². The minimum Gasteiger partial charge on any atom is -0.396 e. The highest BCUT2D eigenvalue weighted by Gasteiger charge is 2.46. The number of methoxy groups -OCH3 is 1. The van der Waals surface area contributed by atoms with Crippen molar-refractivity contribution in [3.05, 3.63) is 71.0 Å². The Bertz CT molecular complexity index is 1050. The quantitative estimate of drug-likeness (QED) is 0.518. The maximum Gasteiger partial charge on any atom is 0.227 e. The molecule has 2 heterocycles. The fraction of sp³-hybridized carbons (Fsp3) is 0.533. The number of hydrogen-bond donors (Lipinski definition) is 1. The van der Waals surface area contributed by atoms with Crippen molar-refractivity contribution in [2.75, 3.05) is 53.0 Å². The zero-order chi connectivity index (χ0) is 26.4. The topological polar surface area (TPSA) is 70.1 Å². The number of carbonyl (C=O) groups is 2. The molecule has 0 bridgehead atoms. The standard InChI is InChI=1S/C30H39FN2O4/c1-21-24(9-6-10-27(21)31)28-25(29(35)23-7-4-3-5-8-23)19-32(16-18-37-2)20-26(28)30(36)33-14-11-22(12-15-33)13-17-34/h3-10,22,25-26,28,34H,11-20H2,1-2H3/t25-,26+,28+/m0/s1. The number of rotatable bonds is 9. The molecule has 0 aliphatic carbocycles. The molecule has 37 heavy (non-hydrogen) atoms.